The monoisotopic (exact) mass is 1130 g/mol. The fourth-order valence-corrected chi connectivity index (χ4v) is 27.7. The summed E-state index contributed by atoms with van der Waals surface area (Å²) in [7, 11) is 4.33. The molecule has 0 saturated carbocycles. The van der Waals surface area contributed by atoms with Crippen molar-refractivity contribution in [3.63, 3.8) is 0 Å². The van der Waals surface area contributed by atoms with Gasteiger partial charge in [-0.3, -0.25) is 14.4 Å². The Kier molecular flexibility index (Phi) is 4.51. The molecule has 0 bridgehead atoms. The van der Waals surface area contributed by atoms with Crippen molar-refractivity contribution in [1.29, 1.82) is 0 Å². The van der Waals surface area contributed by atoms with Gasteiger partial charge in [-0.1, -0.05) is 25.7 Å². The topological polar surface area (TPSA) is 128 Å². The van der Waals surface area contributed by atoms with Gasteiger partial charge in [0.05, 0.1) is 32.2 Å². The van der Waals surface area contributed by atoms with E-state index in [-0.39, 0.29) is 24.8 Å². The summed E-state index contributed by atoms with van der Waals surface area (Å²) in [5, 5.41) is 78.9. The fraction of sp³-hybridized carbons (Fsp3) is 0.203. The molecule has 10 heteroatoms. The largest absolute Gasteiger partial charge is 0.468 e. The van der Waals surface area contributed by atoms with E-state index < -0.39 is 40.8 Å². The molecule has 1 heterocycles. The van der Waals surface area contributed by atoms with Gasteiger partial charge in [-0.05, 0) is 326 Å². The minimum Gasteiger partial charge on any atom is -0.468 e. The molecule has 28 aromatic carbocycles. The molecule has 404 valence electrons. The van der Waals surface area contributed by atoms with Crippen molar-refractivity contribution in [2.45, 2.75) is 74.3 Å². The third-order valence-corrected chi connectivity index (χ3v) is 28.7. The molecule has 2 atom stereocenters. The van der Waals surface area contributed by atoms with E-state index in [1.54, 1.807) is 0 Å². The lowest BCUT2D eigenvalue weighted by molar-refractivity contribution is -0.159. The number of ether oxygens (including phenoxy) is 3. The van der Waals surface area contributed by atoms with Crippen LogP contribution in [0, 0.1) is 0 Å². The maximum atomic E-state index is 16.7. The van der Waals surface area contributed by atoms with Crippen LogP contribution >= 0.6 is 0 Å². The van der Waals surface area contributed by atoms with Crippen molar-refractivity contribution in [1.82, 2.24) is 10.2 Å². The van der Waals surface area contributed by atoms with Crippen molar-refractivity contribution in [2.24, 2.45) is 0 Å². The van der Waals surface area contributed by atoms with Crippen LogP contribution in [0.15, 0.2) is 0 Å². The van der Waals surface area contributed by atoms with E-state index >= 15 is 14.4 Å². The number of carbonyl (C=O) groups excluding carboxylic acids is 5. The van der Waals surface area contributed by atoms with Gasteiger partial charge < -0.3 is 24.4 Å². The van der Waals surface area contributed by atoms with E-state index in [0.717, 1.165) is 25.7 Å². The standard InChI is InChI=1S/C79H30N2O8/c1-87-15(84)12-80-13(82)10-8-6-4-5-7-9-11-14(83)81-74(76(85)88-2)78-70-62-54-44-34-26-18-16-17-20-24-22(18)30-38-32(24)42-36-28(20)29-21(17)25-23-19(16)27(26)35-41-31(23)39-33(25)43-37(29)47-46(36)56-50(42)60-52(38)58(48(54)40(30)34)66(70)68(60)72-64(56)65-57(47)51(43)61-53(39)59-49(41)55(45(35)44)63(62)71(78)67(59)69(61)73(65)79(72,78)75(81)77(86)89-3/h74-75H,4-12H2,1-3H3,(H,80,82)/t74-,75+,78?,79?. The van der Waals surface area contributed by atoms with E-state index in [0.29, 0.717) is 19.3 Å². The molecule has 1 fully saturated rings. The predicted octanol–water partition coefficient (Wildman–Crippen LogP) is 16.6. The number of hydrogen-bond acceptors (Lipinski definition) is 8. The fourth-order valence-electron chi connectivity index (χ4n) is 27.7. The molecule has 2 spiro atoms. The maximum absolute atomic E-state index is 16.7. The van der Waals surface area contributed by atoms with E-state index in [1.165, 1.54) is 334 Å². The quantitative estimate of drug-likeness (QED) is 0.0523. The lowest BCUT2D eigenvalue weighted by atomic mass is 9.46. The number of benzene rings is 18. The predicted molar refractivity (Wildman–Crippen MR) is 354 cm³/mol. The minimum absolute atomic E-state index is 0.141. The summed E-state index contributed by atoms with van der Waals surface area (Å²) in [6.07, 6.45) is 5.03. The van der Waals surface area contributed by atoms with Gasteiger partial charge >= 0.3 is 17.9 Å². The number of nitrogens with zero attached hydrogens (tertiary/aromatic N) is 1. The highest BCUT2D eigenvalue weighted by Crippen LogP contribution is 2.87. The summed E-state index contributed by atoms with van der Waals surface area (Å²) in [6.45, 7) is -0.141. The highest BCUT2D eigenvalue weighted by Gasteiger charge is 2.83. The van der Waals surface area contributed by atoms with E-state index in [4.69, 9.17) is 14.2 Å². The molecule has 4 aliphatic carbocycles. The third kappa shape index (κ3) is 2.57. The highest BCUT2D eigenvalue weighted by molar-refractivity contribution is 6.82. The second-order valence-electron chi connectivity index (χ2n) is 30.0. The number of carbonyl (C=O) groups is 5. The Bertz CT molecular complexity index is 7350. The van der Waals surface area contributed by atoms with Crippen LogP contribution in [0.25, 0.3) is 291 Å². The van der Waals surface area contributed by atoms with Crippen LogP contribution in [0.5, 0.6) is 0 Å². The molecule has 33 rings (SSSR count). The van der Waals surface area contributed by atoms with Crippen LogP contribution in [0.2, 0.25) is 0 Å². The molecule has 5 aliphatic rings. The SMILES string of the molecule is COC(=O)CNC(=O)CCCCCCCCC(=O)N1[C@@H](C(=O)OC)C23c4c5c6c7c8c9c(c%10c%11c2c2c4c4c%12c5c5c6c6c8c8c%13c9c9c%10c%10c%11c%11c2c2c4c4c%12c%12c5c5c6c8c6c8c%13c9c9c%10c%10c%11c2c2c4c4c%12c5c6c5c8c9c%10c2c45)C73[C@H]1C(=O)OC. The summed E-state index contributed by atoms with van der Waals surface area (Å²) in [5.41, 5.74) is 2.08. The van der Waals surface area contributed by atoms with E-state index in [1.807, 2.05) is 4.90 Å². The Labute approximate surface area is 490 Å². The summed E-state index contributed by atoms with van der Waals surface area (Å²) >= 11 is 0. The molecule has 1 saturated heterocycles. The normalized spacial score (nSPS) is 21.7. The third-order valence-electron chi connectivity index (χ3n) is 28.7. The second-order valence-corrected chi connectivity index (χ2v) is 30.0. The number of unbranched alkanes of at least 4 members (excludes halogenated alkanes) is 5. The Morgan fingerprint density at radius 1 is 0.292 bits per heavy atom. The number of amides is 2. The molecule has 0 aromatic heterocycles. The Balaban J connectivity index is 0.827. The van der Waals surface area contributed by atoms with Gasteiger partial charge in [-0.25, -0.2) is 9.59 Å². The van der Waals surface area contributed by atoms with Crippen molar-refractivity contribution < 1.29 is 38.2 Å². The number of hydrogen-bond donors (Lipinski definition) is 1. The summed E-state index contributed by atoms with van der Waals surface area (Å²) in [4.78, 5) is 76.1. The zero-order valence-corrected chi connectivity index (χ0v) is 47.2. The molecule has 0 unspecified atom stereocenters. The number of methoxy groups -OCH3 is 3. The van der Waals surface area contributed by atoms with Gasteiger partial charge in [-0.15, -0.1) is 0 Å². The van der Waals surface area contributed by atoms with Crippen LogP contribution in [-0.4, -0.2) is 74.6 Å². The van der Waals surface area contributed by atoms with E-state index in [2.05, 4.69) is 5.32 Å². The van der Waals surface area contributed by atoms with Crippen molar-refractivity contribution in [2.75, 3.05) is 27.9 Å². The number of likely N-dealkylation sites (tertiary alicyclic amines) is 1. The van der Waals surface area contributed by atoms with Gasteiger partial charge in [-0.2, -0.15) is 0 Å². The van der Waals surface area contributed by atoms with Gasteiger partial charge in [0.25, 0.3) is 0 Å². The molecule has 0 radical (unpaired) electrons. The van der Waals surface area contributed by atoms with Gasteiger partial charge in [0.15, 0.2) is 0 Å². The first-order valence-electron chi connectivity index (χ1n) is 32.4. The molecule has 1 N–H and O–H groups in total. The van der Waals surface area contributed by atoms with Crippen molar-refractivity contribution >= 4 is 321 Å². The maximum Gasteiger partial charge on any atom is 0.329 e. The van der Waals surface area contributed by atoms with Gasteiger partial charge in [0.1, 0.15) is 18.6 Å². The molecular weight excluding hydrogens is 1100 g/mol. The van der Waals surface area contributed by atoms with Crippen LogP contribution < -0.4 is 5.32 Å². The molecule has 10 nitrogen and oxygen atoms in total. The zero-order chi connectivity index (χ0) is 56.3. The van der Waals surface area contributed by atoms with Crippen molar-refractivity contribution in [3.8, 4) is 0 Å². The lowest BCUT2D eigenvalue weighted by Crippen LogP contribution is -2.59. The molecule has 89 heavy (non-hydrogen) atoms. The Morgan fingerprint density at radius 3 is 0.708 bits per heavy atom. The van der Waals surface area contributed by atoms with Crippen LogP contribution in [-0.2, 0) is 49.0 Å². The molecule has 2 amide bonds. The van der Waals surface area contributed by atoms with Crippen molar-refractivity contribution in [3.05, 3.63) is 22.3 Å². The first-order chi connectivity index (χ1) is 43.8. The summed E-state index contributed by atoms with van der Waals surface area (Å²) in [5.74, 6) is -1.82. The number of esters is 3. The zero-order valence-electron chi connectivity index (χ0n) is 47.2. The average Bonchev–Trinajstić information content (AvgIpc) is 1.38. The van der Waals surface area contributed by atoms with Gasteiger partial charge in [0.2, 0.25) is 11.8 Å². The Morgan fingerprint density at radius 2 is 0.494 bits per heavy atom. The first kappa shape index (κ1) is 39.6. The second kappa shape index (κ2) is 10.1. The van der Waals surface area contributed by atoms with Crippen LogP contribution in [0.4, 0.5) is 0 Å². The molecule has 28 aromatic rings. The number of nitrogens with one attached hydrogen (secondary N) is 1. The minimum atomic E-state index is -1.30. The molecular formula is C79H30N2O8. The van der Waals surface area contributed by atoms with Crippen LogP contribution in [0.1, 0.15) is 73.6 Å². The summed E-state index contributed by atoms with van der Waals surface area (Å²) < 4.78 is 17.5. The smallest absolute Gasteiger partial charge is 0.329 e. The lowest BCUT2D eigenvalue weighted by Gasteiger charge is -2.51. The van der Waals surface area contributed by atoms with Gasteiger partial charge in [0, 0.05) is 12.8 Å². The first-order valence-corrected chi connectivity index (χ1v) is 32.4. The average molecular weight is 1140 g/mol. The number of rotatable bonds is 13. The Hall–Kier alpha value is -10.2. The summed E-state index contributed by atoms with van der Waals surface area (Å²) in [6, 6.07) is -2.43. The molecule has 1 aliphatic heterocycles. The van der Waals surface area contributed by atoms with Crippen LogP contribution in [0.3, 0.4) is 0 Å². The highest BCUT2D eigenvalue weighted by atomic mass is 16.5. The van der Waals surface area contributed by atoms with E-state index in [9.17, 15) is 9.59 Å².